The molecule has 2 N–H and O–H groups in total. The van der Waals surface area contributed by atoms with E-state index < -0.39 is 37.8 Å². The Hall–Kier alpha value is -3.43. The van der Waals surface area contributed by atoms with E-state index in [2.05, 4.69) is 39.3 Å². The van der Waals surface area contributed by atoms with Crippen LogP contribution in [0.15, 0.2) is 60.7 Å². The summed E-state index contributed by atoms with van der Waals surface area (Å²) in [6.45, 7) is 16.3. The Balaban J connectivity index is 2.13. The highest BCUT2D eigenvalue weighted by Gasteiger charge is 2.37. The molecule has 9 heteroatoms. The zero-order chi connectivity index (χ0) is 29.4. The van der Waals surface area contributed by atoms with Crippen LogP contribution >= 0.6 is 0 Å². The number of para-hydroxylation sites is 1. The molecule has 0 aliphatic carbocycles. The van der Waals surface area contributed by atoms with Crippen LogP contribution in [0.5, 0.6) is 0 Å². The van der Waals surface area contributed by atoms with Crippen molar-refractivity contribution in [2.24, 2.45) is 0 Å². The number of nitrogens with zero attached hydrogens (tertiary/aromatic N) is 1. The molecule has 2 aromatic carbocycles. The van der Waals surface area contributed by atoms with Gasteiger partial charge in [-0.15, -0.1) is 0 Å². The molecule has 39 heavy (non-hydrogen) atoms. The number of ether oxygens (including phenoxy) is 1. The van der Waals surface area contributed by atoms with E-state index in [0.717, 1.165) is 5.01 Å². The number of rotatable bonds is 9. The Labute approximate surface area is 233 Å². The highest BCUT2D eigenvalue weighted by atomic mass is 28.4. The highest BCUT2D eigenvalue weighted by molar-refractivity contribution is 6.74. The van der Waals surface area contributed by atoms with E-state index in [0.29, 0.717) is 29.8 Å². The van der Waals surface area contributed by atoms with Crippen LogP contribution < -0.4 is 10.4 Å². The normalized spacial score (nSPS) is 13.1. The third-order valence-electron chi connectivity index (χ3n) is 6.57. The van der Waals surface area contributed by atoms with Crippen molar-refractivity contribution in [3.05, 3.63) is 71.8 Å². The van der Waals surface area contributed by atoms with Crippen molar-refractivity contribution >= 4 is 38.1 Å². The number of carboxylic acids is 1. The number of anilines is 1. The zero-order valence-electron chi connectivity index (χ0n) is 24.3. The standard InChI is InChI=1S/C30H42N2O6Si/c1-29(2,3)38-28(36)31-32(24-12-10-9-11-13-24)26(33)19-16-22-14-17-23(18-15-22)25(27(34)35)20-21-37-39(7,8)30(4,5)6/h9-19,25H,20-21H2,1-8H3,(H,31,36)(H,34,35). The van der Waals surface area contributed by atoms with Gasteiger partial charge in [-0.3, -0.25) is 9.59 Å². The Morgan fingerprint density at radius 1 is 0.974 bits per heavy atom. The summed E-state index contributed by atoms with van der Waals surface area (Å²) < 4.78 is 11.5. The summed E-state index contributed by atoms with van der Waals surface area (Å²) in [6.07, 6.45) is 2.56. The summed E-state index contributed by atoms with van der Waals surface area (Å²) >= 11 is 0. The van der Waals surface area contributed by atoms with Crippen molar-refractivity contribution in [3.63, 3.8) is 0 Å². The maximum Gasteiger partial charge on any atom is 0.427 e. The van der Waals surface area contributed by atoms with E-state index >= 15 is 0 Å². The Bertz CT molecular complexity index is 1150. The van der Waals surface area contributed by atoms with E-state index in [1.807, 2.05) is 0 Å². The van der Waals surface area contributed by atoms with Crippen LogP contribution in [-0.4, -0.2) is 43.6 Å². The number of aliphatic carboxylic acids is 1. The Morgan fingerprint density at radius 3 is 2.08 bits per heavy atom. The highest BCUT2D eigenvalue weighted by Crippen LogP contribution is 2.37. The fraction of sp³-hybridized carbons (Fsp3) is 0.433. The smallest absolute Gasteiger partial charge is 0.427 e. The van der Waals surface area contributed by atoms with Gasteiger partial charge < -0.3 is 14.3 Å². The maximum atomic E-state index is 13.0. The van der Waals surface area contributed by atoms with Crippen molar-refractivity contribution in [2.45, 2.75) is 77.6 Å². The van der Waals surface area contributed by atoms with E-state index in [-0.39, 0.29) is 5.04 Å². The largest absolute Gasteiger partial charge is 0.481 e. The summed E-state index contributed by atoms with van der Waals surface area (Å²) in [5.41, 5.74) is 3.62. The molecule has 1 atom stereocenters. The van der Waals surface area contributed by atoms with Crippen LogP contribution in [0, 0.1) is 0 Å². The molecule has 2 aromatic rings. The molecule has 0 bridgehead atoms. The van der Waals surface area contributed by atoms with E-state index in [9.17, 15) is 19.5 Å². The molecule has 0 aromatic heterocycles. The molecule has 2 rings (SSSR count). The molecule has 0 aliphatic heterocycles. The molecule has 8 nitrogen and oxygen atoms in total. The number of nitrogens with one attached hydrogen (secondary N) is 1. The Morgan fingerprint density at radius 2 is 1.56 bits per heavy atom. The van der Waals surface area contributed by atoms with Gasteiger partial charge in [-0.1, -0.05) is 63.2 Å². The molecular weight excluding hydrogens is 512 g/mol. The van der Waals surface area contributed by atoms with Crippen LogP contribution in [0.4, 0.5) is 10.5 Å². The minimum Gasteiger partial charge on any atom is -0.481 e. The second-order valence-corrected chi connectivity index (χ2v) is 16.7. The summed E-state index contributed by atoms with van der Waals surface area (Å²) in [5.74, 6) is -2.08. The molecule has 0 spiro atoms. The number of hydrazine groups is 1. The summed E-state index contributed by atoms with van der Waals surface area (Å²) in [7, 11) is -1.97. The lowest BCUT2D eigenvalue weighted by Gasteiger charge is -2.36. The third kappa shape index (κ3) is 9.99. The van der Waals surface area contributed by atoms with E-state index in [1.165, 1.54) is 6.08 Å². The first kappa shape index (κ1) is 31.8. The summed E-state index contributed by atoms with van der Waals surface area (Å²) in [6, 6.07) is 15.7. The summed E-state index contributed by atoms with van der Waals surface area (Å²) in [4.78, 5) is 37.4. The van der Waals surface area contributed by atoms with Crippen LogP contribution in [0.25, 0.3) is 6.08 Å². The lowest BCUT2D eigenvalue weighted by atomic mass is 9.95. The summed E-state index contributed by atoms with van der Waals surface area (Å²) in [5, 5.41) is 11.0. The van der Waals surface area contributed by atoms with Gasteiger partial charge in [-0.05, 0) is 74.7 Å². The second-order valence-electron chi connectivity index (χ2n) is 11.9. The van der Waals surface area contributed by atoms with Gasteiger partial charge in [-0.2, -0.15) is 0 Å². The minimum absolute atomic E-state index is 0.0512. The van der Waals surface area contributed by atoms with Crippen LogP contribution in [0.3, 0.4) is 0 Å². The predicted molar refractivity (Wildman–Crippen MR) is 157 cm³/mol. The monoisotopic (exact) mass is 554 g/mol. The number of hydrogen-bond donors (Lipinski definition) is 2. The minimum atomic E-state index is -1.97. The maximum absolute atomic E-state index is 13.0. The number of hydrogen-bond acceptors (Lipinski definition) is 5. The van der Waals surface area contributed by atoms with Crippen molar-refractivity contribution in [3.8, 4) is 0 Å². The van der Waals surface area contributed by atoms with E-state index in [1.54, 1.807) is 81.4 Å². The van der Waals surface area contributed by atoms with Crippen molar-refractivity contribution in [2.75, 3.05) is 11.6 Å². The number of amides is 2. The Kier molecular flexibility index (Phi) is 10.7. The second kappa shape index (κ2) is 13.1. The SMILES string of the molecule is CC(C)(C)OC(=O)NN(C(=O)C=Cc1ccc(C(CCO[Si](C)(C)C(C)(C)C)C(=O)O)cc1)c1ccccc1. The molecule has 0 aliphatic rings. The van der Waals surface area contributed by atoms with Gasteiger partial charge in [0.25, 0.3) is 5.91 Å². The van der Waals surface area contributed by atoms with Gasteiger partial charge in [0.15, 0.2) is 8.32 Å². The number of carbonyl (C=O) groups is 3. The van der Waals surface area contributed by atoms with Gasteiger partial charge >= 0.3 is 12.1 Å². The number of carboxylic acid groups (broad SMARTS) is 1. The molecule has 0 saturated carbocycles. The molecule has 1 unspecified atom stereocenters. The predicted octanol–water partition coefficient (Wildman–Crippen LogP) is 6.75. The van der Waals surface area contributed by atoms with Gasteiger partial charge in [0.1, 0.15) is 5.60 Å². The van der Waals surface area contributed by atoms with Crippen LogP contribution in [-0.2, 0) is 18.8 Å². The molecule has 0 heterocycles. The van der Waals surface area contributed by atoms with E-state index in [4.69, 9.17) is 9.16 Å². The lowest BCUT2D eigenvalue weighted by Crippen LogP contribution is -2.47. The number of carbonyl (C=O) groups excluding carboxylic acids is 2. The topological polar surface area (TPSA) is 105 Å². The van der Waals surface area contributed by atoms with Crippen molar-refractivity contribution < 1.29 is 28.7 Å². The van der Waals surface area contributed by atoms with Gasteiger partial charge in [0.05, 0.1) is 11.6 Å². The molecular formula is C30H42N2O6Si. The van der Waals surface area contributed by atoms with Gasteiger partial charge in [-0.25, -0.2) is 15.2 Å². The third-order valence-corrected chi connectivity index (χ3v) is 11.1. The first-order chi connectivity index (χ1) is 18.0. The van der Waals surface area contributed by atoms with Crippen LogP contribution in [0.2, 0.25) is 18.1 Å². The quantitative estimate of drug-likeness (QED) is 0.202. The molecule has 2 amide bonds. The van der Waals surface area contributed by atoms with Crippen LogP contribution in [0.1, 0.15) is 65.0 Å². The molecule has 0 radical (unpaired) electrons. The fourth-order valence-corrected chi connectivity index (χ4v) is 4.44. The average molecular weight is 555 g/mol. The molecule has 0 fully saturated rings. The first-order valence-corrected chi connectivity index (χ1v) is 15.9. The number of benzene rings is 2. The average Bonchev–Trinajstić information content (AvgIpc) is 2.82. The zero-order valence-corrected chi connectivity index (χ0v) is 25.3. The first-order valence-electron chi connectivity index (χ1n) is 13.0. The lowest BCUT2D eigenvalue weighted by molar-refractivity contribution is -0.139. The molecule has 0 saturated heterocycles. The fourth-order valence-electron chi connectivity index (χ4n) is 3.38. The van der Waals surface area contributed by atoms with Gasteiger partial charge in [0.2, 0.25) is 0 Å². The van der Waals surface area contributed by atoms with Crippen molar-refractivity contribution in [1.82, 2.24) is 5.43 Å². The molecule has 212 valence electrons. The van der Waals surface area contributed by atoms with Crippen molar-refractivity contribution in [1.29, 1.82) is 0 Å². The van der Waals surface area contributed by atoms with Gasteiger partial charge in [0, 0.05) is 12.7 Å².